The summed E-state index contributed by atoms with van der Waals surface area (Å²) in [6.45, 7) is 6.98. The summed E-state index contributed by atoms with van der Waals surface area (Å²) in [5, 5.41) is 12.4. The highest BCUT2D eigenvalue weighted by atomic mass is 35.5. The third-order valence-electron chi connectivity index (χ3n) is 3.86. The van der Waals surface area contributed by atoms with Gasteiger partial charge in [0, 0.05) is 24.9 Å². The first-order valence-corrected chi connectivity index (χ1v) is 7.34. The fraction of sp³-hybridized carbons (Fsp3) is 0.438. The summed E-state index contributed by atoms with van der Waals surface area (Å²) >= 11 is 6.42. The Morgan fingerprint density at radius 3 is 2.65 bits per heavy atom. The van der Waals surface area contributed by atoms with E-state index in [0.717, 1.165) is 52.5 Å². The van der Waals surface area contributed by atoms with Crippen molar-refractivity contribution in [2.24, 2.45) is 0 Å². The second-order valence-corrected chi connectivity index (χ2v) is 5.78. The Morgan fingerprint density at radius 1 is 1.35 bits per heavy atom. The lowest BCUT2D eigenvalue weighted by Crippen LogP contribution is -2.38. The topological polar surface area (TPSA) is 39.1 Å². The van der Waals surface area contributed by atoms with E-state index < -0.39 is 0 Å². The molecule has 0 aromatic heterocycles. The molecule has 1 fully saturated rings. The van der Waals surface area contributed by atoms with Crippen molar-refractivity contribution in [3.05, 3.63) is 39.6 Å². The Labute approximate surface area is 126 Å². The number of allylic oxidation sites excluding steroid dienone is 1. The standard InChI is InChI=1S/C16H22ClN3/c1-10-8-11(2)15(14(17)9-10)20-7-5-6-13(16(20)18)12(3)19-4/h8-9,18-19H,5-7H2,1-4H3/b13-12-,18-16?. The average molecular weight is 292 g/mol. The van der Waals surface area contributed by atoms with Crippen LogP contribution in [0, 0.1) is 19.3 Å². The Morgan fingerprint density at radius 2 is 2.05 bits per heavy atom. The first-order valence-electron chi connectivity index (χ1n) is 6.96. The van der Waals surface area contributed by atoms with E-state index in [1.165, 1.54) is 0 Å². The number of benzene rings is 1. The van der Waals surface area contributed by atoms with Gasteiger partial charge in [-0.3, -0.25) is 5.41 Å². The molecule has 108 valence electrons. The molecule has 1 saturated heterocycles. The van der Waals surface area contributed by atoms with E-state index in [4.69, 9.17) is 17.0 Å². The molecule has 1 aromatic rings. The lowest BCUT2D eigenvalue weighted by atomic mass is 9.99. The third-order valence-corrected chi connectivity index (χ3v) is 4.15. The van der Waals surface area contributed by atoms with Gasteiger partial charge in [-0.2, -0.15) is 0 Å². The number of hydrogen-bond acceptors (Lipinski definition) is 2. The minimum Gasteiger partial charge on any atom is -0.391 e. The molecule has 0 unspecified atom stereocenters. The van der Waals surface area contributed by atoms with E-state index in [0.29, 0.717) is 5.84 Å². The van der Waals surface area contributed by atoms with Gasteiger partial charge in [0.1, 0.15) is 5.84 Å². The van der Waals surface area contributed by atoms with Gasteiger partial charge >= 0.3 is 0 Å². The highest BCUT2D eigenvalue weighted by Crippen LogP contribution is 2.34. The molecule has 1 aliphatic rings. The van der Waals surface area contributed by atoms with Gasteiger partial charge in [-0.15, -0.1) is 0 Å². The first kappa shape index (κ1) is 14.9. The van der Waals surface area contributed by atoms with Crippen LogP contribution in [0.15, 0.2) is 23.4 Å². The number of anilines is 1. The van der Waals surface area contributed by atoms with E-state index in [1.807, 2.05) is 31.9 Å². The van der Waals surface area contributed by atoms with Gasteiger partial charge < -0.3 is 10.2 Å². The van der Waals surface area contributed by atoms with Gasteiger partial charge in [-0.05, 0) is 50.8 Å². The van der Waals surface area contributed by atoms with Crippen LogP contribution in [0.1, 0.15) is 30.9 Å². The van der Waals surface area contributed by atoms with E-state index in [-0.39, 0.29) is 0 Å². The van der Waals surface area contributed by atoms with Gasteiger partial charge in [0.25, 0.3) is 0 Å². The minimum atomic E-state index is 0.567. The maximum absolute atomic E-state index is 8.49. The molecule has 4 heteroatoms. The molecule has 2 rings (SSSR count). The molecule has 0 radical (unpaired) electrons. The van der Waals surface area contributed by atoms with Crippen LogP contribution >= 0.6 is 11.6 Å². The van der Waals surface area contributed by atoms with Crippen molar-refractivity contribution in [3.8, 4) is 0 Å². The lowest BCUT2D eigenvalue weighted by Gasteiger charge is -2.34. The monoisotopic (exact) mass is 291 g/mol. The molecule has 0 atom stereocenters. The molecule has 20 heavy (non-hydrogen) atoms. The first-order chi connectivity index (χ1) is 9.45. The van der Waals surface area contributed by atoms with E-state index >= 15 is 0 Å². The number of rotatable bonds is 2. The van der Waals surface area contributed by atoms with E-state index in [9.17, 15) is 0 Å². The molecular weight excluding hydrogens is 270 g/mol. The van der Waals surface area contributed by atoms with Crippen molar-refractivity contribution in [2.45, 2.75) is 33.6 Å². The largest absolute Gasteiger partial charge is 0.391 e. The Hall–Kier alpha value is -1.48. The van der Waals surface area contributed by atoms with Crippen LogP contribution in [0.4, 0.5) is 5.69 Å². The fourth-order valence-corrected chi connectivity index (χ4v) is 3.22. The highest BCUT2D eigenvalue weighted by molar-refractivity contribution is 6.34. The second kappa shape index (κ2) is 5.88. The number of aryl methyl sites for hydroxylation is 2. The number of amidine groups is 1. The molecular formula is C16H22ClN3. The van der Waals surface area contributed by atoms with E-state index in [2.05, 4.69) is 18.3 Å². The molecule has 2 N–H and O–H groups in total. The molecule has 3 nitrogen and oxygen atoms in total. The van der Waals surface area contributed by atoms with Crippen molar-refractivity contribution < 1.29 is 0 Å². The Balaban J connectivity index is 2.46. The van der Waals surface area contributed by atoms with Crippen molar-refractivity contribution in [1.29, 1.82) is 5.41 Å². The zero-order chi connectivity index (χ0) is 14.9. The number of halogens is 1. The van der Waals surface area contributed by atoms with Gasteiger partial charge in [0.2, 0.25) is 0 Å². The van der Waals surface area contributed by atoms with Crippen molar-refractivity contribution >= 4 is 23.1 Å². The van der Waals surface area contributed by atoms with Crippen LogP contribution in [-0.4, -0.2) is 19.4 Å². The van der Waals surface area contributed by atoms with Crippen LogP contribution in [0.25, 0.3) is 0 Å². The van der Waals surface area contributed by atoms with Crippen LogP contribution in [0.5, 0.6) is 0 Å². The molecule has 0 amide bonds. The quantitative estimate of drug-likeness (QED) is 0.863. The normalized spacial score (nSPS) is 18.2. The molecule has 0 aliphatic carbocycles. The fourth-order valence-electron chi connectivity index (χ4n) is 2.80. The smallest absolute Gasteiger partial charge is 0.130 e. The molecule has 1 aliphatic heterocycles. The summed E-state index contributed by atoms with van der Waals surface area (Å²) < 4.78 is 0. The van der Waals surface area contributed by atoms with Crippen LogP contribution in [0.3, 0.4) is 0 Å². The second-order valence-electron chi connectivity index (χ2n) is 5.37. The summed E-state index contributed by atoms with van der Waals surface area (Å²) in [5.41, 5.74) is 5.41. The summed E-state index contributed by atoms with van der Waals surface area (Å²) in [6, 6.07) is 4.09. The SMILES string of the molecule is CN/C(C)=C1/CCCN(c2c(C)cc(C)cc2Cl)C1=N. The van der Waals surface area contributed by atoms with Crippen molar-refractivity contribution in [3.63, 3.8) is 0 Å². The zero-order valence-electron chi connectivity index (χ0n) is 12.6. The predicted molar refractivity (Wildman–Crippen MR) is 87.0 cm³/mol. The number of hydrogen-bond donors (Lipinski definition) is 2. The van der Waals surface area contributed by atoms with Crippen LogP contribution in [-0.2, 0) is 0 Å². The van der Waals surface area contributed by atoms with Gasteiger partial charge in [-0.25, -0.2) is 0 Å². The predicted octanol–water partition coefficient (Wildman–Crippen LogP) is 4.03. The van der Waals surface area contributed by atoms with Gasteiger partial charge in [-0.1, -0.05) is 17.7 Å². The maximum atomic E-state index is 8.49. The Bertz CT molecular complexity index is 552. The molecule has 1 aromatic carbocycles. The molecule has 1 heterocycles. The summed E-state index contributed by atoms with van der Waals surface area (Å²) in [6.07, 6.45) is 1.99. The summed E-state index contributed by atoms with van der Waals surface area (Å²) in [7, 11) is 1.90. The van der Waals surface area contributed by atoms with Crippen LogP contribution in [0.2, 0.25) is 5.02 Å². The minimum absolute atomic E-state index is 0.567. The van der Waals surface area contributed by atoms with Crippen LogP contribution < -0.4 is 10.2 Å². The third kappa shape index (κ3) is 2.68. The van der Waals surface area contributed by atoms with Crippen molar-refractivity contribution in [1.82, 2.24) is 5.32 Å². The number of nitrogens with one attached hydrogen (secondary N) is 2. The Kier molecular flexibility index (Phi) is 4.39. The molecule has 0 bridgehead atoms. The molecule has 0 saturated carbocycles. The highest BCUT2D eigenvalue weighted by Gasteiger charge is 2.25. The number of piperidine rings is 1. The van der Waals surface area contributed by atoms with Crippen molar-refractivity contribution in [2.75, 3.05) is 18.5 Å². The average Bonchev–Trinajstić information content (AvgIpc) is 2.38. The number of nitrogens with zero attached hydrogens (tertiary/aromatic N) is 1. The summed E-state index contributed by atoms with van der Waals surface area (Å²) in [4.78, 5) is 2.04. The maximum Gasteiger partial charge on any atom is 0.130 e. The van der Waals surface area contributed by atoms with Gasteiger partial charge in [0.05, 0.1) is 10.7 Å². The summed E-state index contributed by atoms with van der Waals surface area (Å²) in [5.74, 6) is 0.567. The zero-order valence-corrected chi connectivity index (χ0v) is 13.4. The van der Waals surface area contributed by atoms with Gasteiger partial charge in [0.15, 0.2) is 0 Å². The molecule has 0 spiro atoms. The van der Waals surface area contributed by atoms with E-state index in [1.54, 1.807) is 0 Å². The lowest BCUT2D eigenvalue weighted by molar-refractivity contribution is 0.764.